The van der Waals surface area contributed by atoms with E-state index in [1.807, 2.05) is 0 Å². The van der Waals surface area contributed by atoms with Gasteiger partial charge in [0.2, 0.25) is 0 Å². The number of benzene rings is 1. The molecule has 1 fully saturated rings. The van der Waals surface area contributed by atoms with Crippen LogP contribution in [0.1, 0.15) is 24.4 Å². The maximum Gasteiger partial charge on any atom is 0.131 e. The van der Waals surface area contributed by atoms with E-state index in [9.17, 15) is 4.39 Å². The Kier molecular flexibility index (Phi) is 3.41. The molecule has 1 atom stereocenters. The van der Waals surface area contributed by atoms with Crippen LogP contribution in [0, 0.1) is 11.7 Å². The first-order chi connectivity index (χ1) is 7.70. The van der Waals surface area contributed by atoms with Crippen molar-refractivity contribution in [2.24, 2.45) is 17.4 Å². The van der Waals surface area contributed by atoms with E-state index in [0.717, 1.165) is 0 Å². The van der Waals surface area contributed by atoms with E-state index in [1.165, 1.54) is 18.9 Å². The van der Waals surface area contributed by atoms with Gasteiger partial charge in [0.05, 0.1) is 6.61 Å². The number of halogens is 1. The molecular weight excluding hydrogens is 207 g/mol. The smallest absolute Gasteiger partial charge is 0.131 e. The molecule has 0 radical (unpaired) electrons. The van der Waals surface area contributed by atoms with Crippen LogP contribution in [-0.4, -0.2) is 13.2 Å². The second kappa shape index (κ2) is 4.80. The van der Waals surface area contributed by atoms with Crippen molar-refractivity contribution in [3.8, 4) is 5.75 Å². The minimum absolute atomic E-state index is 0.235. The first-order valence-corrected chi connectivity index (χ1v) is 5.58. The SMILES string of the molecule is NCC(N)c1ccc(OCC2CC2)cc1F. The van der Waals surface area contributed by atoms with Crippen molar-refractivity contribution >= 4 is 0 Å². The fraction of sp³-hybridized carbons (Fsp3) is 0.500. The molecule has 1 aromatic carbocycles. The molecule has 0 saturated heterocycles. The number of hydrogen-bond donors (Lipinski definition) is 2. The molecule has 1 aliphatic carbocycles. The van der Waals surface area contributed by atoms with E-state index >= 15 is 0 Å². The zero-order valence-electron chi connectivity index (χ0n) is 9.16. The zero-order chi connectivity index (χ0) is 11.5. The highest BCUT2D eigenvalue weighted by Crippen LogP contribution is 2.30. The summed E-state index contributed by atoms with van der Waals surface area (Å²) in [7, 11) is 0. The number of rotatable bonds is 5. The van der Waals surface area contributed by atoms with E-state index in [-0.39, 0.29) is 12.4 Å². The summed E-state index contributed by atoms with van der Waals surface area (Å²) in [6.07, 6.45) is 2.44. The minimum atomic E-state index is -0.447. The van der Waals surface area contributed by atoms with Gasteiger partial charge in [-0.15, -0.1) is 0 Å². The van der Waals surface area contributed by atoms with Gasteiger partial charge in [0.15, 0.2) is 0 Å². The molecule has 88 valence electrons. The van der Waals surface area contributed by atoms with Crippen molar-refractivity contribution in [2.45, 2.75) is 18.9 Å². The normalized spacial score (nSPS) is 17.2. The Labute approximate surface area is 94.6 Å². The van der Waals surface area contributed by atoms with Gasteiger partial charge in [0, 0.05) is 24.2 Å². The second-order valence-corrected chi connectivity index (χ2v) is 4.28. The van der Waals surface area contributed by atoms with E-state index < -0.39 is 6.04 Å². The van der Waals surface area contributed by atoms with Gasteiger partial charge in [-0.3, -0.25) is 0 Å². The van der Waals surface area contributed by atoms with Gasteiger partial charge in [-0.2, -0.15) is 0 Å². The third kappa shape index (κ3) is 2.71. The Balaban J connectivity index is 2.02. The Morgan fingerprint density at radius 1 is 1.44 bits per heavy atom. The molecule has 0 aliphatic heterocycles. The van der Waals surface area contributed by atoms with Crippen LogP contribution in [0.4, 0.5) is 4.39 Å². The molecule has 1 unspecified atom stereocenters. The molecule has 1 saturated carbocycles. The third-order valence-corrected chi connectivity index (χ3v) is 2.81. The molecule has 0 heterocycles. The van der Waals surface area contributed by atoms with Gasteiger partial charge in [-0.25, -0.2) is 4.39 Å². The van der Waals surface area contributed by atoms with Gasteiger partial charge in [-0.05, 0) is 24.8 Å². The molecule has 1 aromatic rings. The van der Waals surface area contributed by atoms with Crippen LogP contribution in [0.25, 0.3) is 0 Å². The van der Waals surface area contributed by atoms with Crippen molar-refractivity contribution < 1.29 is 9.13 Å². The van der Waals surface area contributed by atoms with Crippen molar-refractivity contribution in [1.82, 2.24) is 0 Å². The molecule has 1 aliphatic rings. The van der Waals surface area contributed by atoms with Gasteiger partial charge in [0.25, 0.3) is 0 Å². The van der Waals surface area contributed by atoms with Crippen LogP contribution >= 0.6 is 0 Å². The van der Waals surface area contributed by atoms with Crippen LogP contribution in [0.15, 0.2) is 18.2 Å². The number of hydrogen-bond acceptors (Lipinski definition) is 3. The van der Waals surface area contributed by atoms with Crippen molar-refractivity contribution in [1.29, 1.82) is 0 Å². The Bertz CT molecular complexity index is 366. The molecule has 0 amide bonds. The monoisotopic (exact) mass is 224 g/mol. The van der Waals surface area contributed by atoms with Gasteiger partial charge >= 0.3 is 0 Å². The van der Waals surface area contributed by atoms with Crippen LogP contribution < -0.4 is 16.2 Å². The summed E-state index contributed by atoms with van der Waals surface area (Å²) in [5.74, 6) is 0.887. The summed E-state index contributed by atoms with van der Waals surface area (Å²) in [4.78, 5) is 0. The number of ether oxygens (including phenoxy) is 1. The van der Waals surface area contributed by atoms with Crippen molar-refractivity contribution in [3.05, 3.63) is 29.6 Å². The third-order valence-electron chi connectivity index (χ3n) is 2.81. The van der Waals surface area contributed by atoms with Gasteiger partial charge in [-0.1, -0.05) is 6.07 Å². The summed E-state index contributed by atoms with van der Waals surface area (Å²) in [6.45, 7) is 0.918. The Morgan fingerprint density at radius 3 is 2.75 bits per heavy atom. The zero-order valence-corrected chi connectivity index (χ0v) is 9.16. The highest BCUT2D eigenvalue weighted by molar-refractivity contribution is 5.31. The van der Waals surface area contributed by atoms with E-state index in [2.05, 4.69) is 0 Å². The van der Waals surface area contributed by atoms with Crippen LogP contribution in [0.3, 0.4) is 0 Å². The van der Waals surface area contributed by atoms with E-state index in [1.54, 1.807) is 12.1 Å². The molecule has 0 bridgehead atoms. The molecule has 4 heteroatoms. The number of nitrogens with two attached hydrogens (primary N) is 2. The highest BCUT2D eigenvalue weighted by Gasteiger charge is 2.22. The average molecular weight is 224 g/mol. The molecule has 16 heavy (non-hydrogen) atoms. The quantitative estimate of drug-likeness (QED) is 0.798. The fourth-order valence-corrected chi connectivity index (χ4v) is 1.52. The lowest BCUT2D eigenvalue weighted by Gasteiger charge is -2.12. The fourth-order valence-electron chi connectivity index (χ4n) is 1.52. The van der Waals surface area contributed by atoms with Crippen LogP contribution in [0.5, 0.6) is 5.75 Å². The first-order valence-electron chi connectivity index (χ1n) is 5.58. The molecule has 4 N–H and O–H groups in total. The predicted molar refractivity (Wildman–Crippen MR) is 60.6 cm³/mol. The molecule has 0 aromatic heterocycles. The molecule has 3 nitrogen and oxygen atoms in total. The standard InChI is InChI=1S/C12H17FN2O/c13-11-5-9(16-7-8-1-2-8)3-4-10(11)12(15)6-14/h3-5,8,12H,1-2,6-7,14-15H2. The lowest BCUT2D eigenvalue weighted by Crippen LogP contribution is -2.21. The highest BCUT2D eigenvalue weighted by atomic mass is 19.1. The Morgan fingerprint density at radius 2 is 2.19 bits per heavy atom. The minimum Gasteiger partial charge on any atom is -0.493 e. The van der Waals surface area contributed by atoms with Crippen molar-refractivity contribution in [3.63, 3.8) is 0 Å². The Hall–Kier alpha value is -1.13. The van der Waals surface area contributed by atoms with E-state index in [4.69, 9.17) is 16.2 Å². The summed E-state index contributed by atoms with van der Waals surface area (Å²) >= 11 is 0. The topological polar surface area (TPSA) is 61.3 Å². The van der Waals surface area contributed by atoms with Gasteiger partial charge < -0.3 is 16.2 Å². The van der Waals surface area contributed by atoms with Crippen LogP contribution in [0.2, 0.25) is 0 Å². The summed E-state index contributed by atoms with van der Waals surface area (Å²) in [6, 6.07) is 4.33. The molecule has 0 spiro atoms. The molecular formula is C12H17FN2O. The molecule has 2 rings (SSSR count). The largest absolute Gasteiger partial charge is 0.493 e. The first kappa shape index (κ1) is 11.4. The predicted octanol–water partition coefficient (Wildman–Crippen LogP) is 1.57. The van der Waals surface area contributed by atoms with Gasteiger partial charge in [0.1, 0.15) is 11.6 Å². The average Bonchev–Trinajstić information content (AvgIpc) is 3.09. The maximum absolute atomic E-state index is 13.6. The lowest BCUT2D eigenvalue weighted by atomic mass is 10.1. The summed E-state index contributed by atoms with van der Waals surface area (Å²) < 4.78 is 19.1. The maximum atomic E-state index is 13.6. The summed E-state index contributed by atoms with van der Waals surface area (Å²) in [5, 5.41) is 0. The summed E-state index contributed by atoms with van der Waals surface area (Å²) in [5.41, 5.74) is 11.5. The second-order valence-electron chi connectivity index (χ2n) is 4.28. The van der Waals surface area contributed by atoms with E-state index in [0.29, 0.717) is 23.8 Å². The van der Waals surface area contributed by atoms with Crippen LogP contribution in [-0.2, 0) is 0 Å². The van der Waals surface area contributed by atoms with Crippen molar-refractivity contribution in [2.75, 3.05) is 13.2 Å². The lowest BCUT2D eigenvalue weighted by molar-refractivity contribution is 0.298.